The highest BCUT2D eigenvalue weighted by molar-refractivity contribution is 5.99. The van der Waals surface area contributed by atoms with Gasteiger partial charge >= 0.3 is 0 Å². The standard InChI is InChI=1S/C21H26N2O3/c1-23(2)14-13-22-21(24)15-20(16-5-9-18(25-3)10-6-16)17-7-11-19(26-4)12-8-17/h5-12,15H,13-14H2,1-4H3,(H,22,24). The van der Waals surface area contributed by atoms with Gasteiger partial charge in [-0.25, -0.2) is 0 Å². The van der Waals surface area contributed by atoms with Crippen LogP contribution in [0.5, 0.6) is 11.5 Å². The molecule has 0 saturated carbocycles. The molecule has 1 N–H and O–H groups in total. The molecule has 0 radical (unpaired) electrons. The zero-order chi connectivity index (χ0) is 18.9. The van der Waals surface area contributed by atoms with Gasteiger partial charge in [0.1, 0.15) is 11.5 Å². The van der Waals surface area contributed by atoms with Gasteiger partial charge in [-0.1, -0.05) is 24.3 Å². The molecule has 26 heavy (non-hydrogen) atoms. The van der Waals surface area contributed by atoms with Crippen LogP contribution in [-0.2, 0) is 4.79 Å². The van der Waals surface area contributed by atoms with E-state index in [2.05, 4.69) is 5.32 Å². The summed E-state index contributed by atoms with van der Waals surface area (Å²) in [6.45, 7) is 1.39. The second kappa shape index (κ2) is 9.63. The summed E-state index contributed by atoms with van der Waals surface area (Å²) in [6, 6.07) is 15.3. The summed E-state index contributed by atoms with van der Waals surface area (Å²) in [5, 5.41) is 2.92. The average molecular weight is 354 g/mol. The number of nitrogens with one attached hydrogen (secondary N) is 1. The fraction of sp³-hybridized carbons (Fsp3) is 0.286. The highest BCUT2D eigenvalue weighted by Gasteiger charge is 2.09. The molecule has 0 bridgehead atoms. The molecule has 0 aliphatic heterocycles. The van der Waals surface area contributed by atoms with Crippen LogP contribution in [0.25, 0.3) is 5.57 Å². The second-order valence-electron chi connectivity index (χ2n) is 6.11. The highest BCUT2D eigenvalue weighted by Crippen LogP contribution is 2.26. The minimum absolute atomic E-state index is 0.117. The zero-order valence-corrected chi connectivity index (χ0v) is 15.8. The van der Waals surface area contributed by atoms with E-state index >= 15 is 0 Å². The van der Waals surface area contributed by atoms with Crippen molar-refractivity contribution in [3.63, 3.8) is 0 Å². The van der Waals surface area contributed by atoms with Gasteiger partial charge in [0.2, 0.25) is 5.91 Å². The number of benzene rings is 2. The normalized spacial score (nSPS) is 10.3. The van der Waals surface area contributed by atoms with Crippen molar-refractivity contribution in [3.05, 3.63) is 65.7 Å². The first kappa shape index (κ1) is 19.5. The fourth-order valence-corrected chi connectivity index (χ4v) is 2.46. The first-order chi connectivity index (χ1) is 12.5. The lowest BCUT2D eigenvalue weighted by Crippen LogP contribution is -2.30. The van der Waals surface area contributed by atoms with Crippen LogP contribution in [0, 0.1) is 0 Å². The number of carbonyl (C=O) groups is 1. The van der Waals surface area contributed by atoms with Crippen molar-refractivity contribution in [2.45, 2.75) is 0 Å². The average Bonchev–Trinajstić information content (AvgIpc) is 2.66. The summed E-state index contributed by atoms with van der Waals surface area (Å²) in [5.41, 5.74) is 2.73. The lowest BCUT2D eigenvalue weighted by atomic mass is 9.97. The van der Waals surface area contributed by atoms with Crippen molar-refractivity contribution in [2.75, 3.05) is 41.4 Å². The van der Waals surface area contributed by atoms with Gasteiger partial charge in [0.15, 0.2) is 0 Å². The second-order valence-corrected chi connectivity index (χ2v) is 6.11. The van der Waals surface area contributed by atoms with Gasteiger partial charge in [-0.2, -0.15) is 0 Å². The first-order valence-corrected chi connectivity index (χ1v) is 8.46. The molecule has 0 aromatic heterocycles. The molecule has 2 aromatic rings. The van der Waals surface area contributed by atoms with Crippen LogP contribution in [-0.4, -0.2) is 52.2 Å². The molecule has 0 heterocycles. The van der Waals surface area contributed by atoms with E-state index in [4.69, 9.17) is 9.47 Å². The third-order valence-corrected chi connectivity index (χ3v) is 3.94. The maximum Gasteiger partial charge on any atom is 0.244 e. The van der Waals surface area contributed by atoms with Crippen LogP contribution in [0.15, 0.2) is 54.6 Å². The Hall–Kier alpha value is -2.79. The Morgan fingerprint density at radius 3 is 1.77 bits per heavy atom. The van der Waals surface area contributed by atoms with Crippen molar-refractivity contribution >= 4 is 11.5 Å². The third kappa shape index (κ3) is 5.63. The van der Waals surface area contributed by atoms with Gasteiger partial charge < -0.3 is 19.7 Å². The molecule has 0 saturated heterocycles. The topological polar surface area (TPSA) is 50.8 Å². The van der Waals surface area contributed by atoms with E-state index in [1.807, 2.05) is 67.5 Å². The van der Waals surface area contributed by atoms with E-state index in [-0.39, 0.29) is 5.91 Å². The van der Waals surface area contributed by atoms with Gasteiger partial charge in [0.05, 0.1) is 14.2 Å². The number of rotatable bonds is 8. The molecule has 138 valence electrons. The lowest BCUT2D eigenvalue weighted by Gasteiger charge is -2.12. The number of likely N-dealkylation sites (N-methyl/N-ethyl adjacent to an activating group) is 1. The Labute approximate surface area is 155 Å². The van der Waals surface area contributed by atoms with Crippen LogP contribution < -0.4 is 14.8 Å². The number of nitrogens with zero attached hydrogens (tertiary/aromatic N) is 1. The van der Waals surface area contributed by atoms with Gasteiger partial charge in [-0.15, -0.1) is 0 Å². The van der Waals surface area contributed by atoms with Crippen LogP contribution in [0.2, 0.25) is 0 Å². The Bertz CT molecular complexity index is 685. The number of methoxy groups -OCH3 is 2. The predicted molar refractivity (Wildman–Crippen MR) is 105 cm³/mol. The van der Waals surface area contributed by atoms with E-state index in [1.54, 1.807) is 20.3 Å². The quantitative estimate of drug-likeness (QED) is 0.741. The summed E-state index contributed by atoms with van der Waals surface area (Å²) in [7, 11) is 7.21. The van der Waals surface area contributed by atoms with E-state index in [1.165, 1.54) is 0 Å². The van der Waals surface area contributed by atoms with E-state index in [0.717, 1.165) is 34.7 Å². The number of hydrogen-bond donors (Lipinski definition) is 1. The van der Waals surface area contributed by atoms with Crippen LogP contribution in [0.3, 0.4) is 0 Å². The van der Waals surface area contributed by atoms with Crippen LogP contribution in [0.1, 0.15) is 11.1 Å². The lowest BCUT2D eigenvalue weighted by molar-refractivity contribution is -0.116. The summed E-state index contributed by atoms with van der Waals surface area (Å²) in [6.07, 6.45) is 1.64. The van der Waals surface area contributed by atoms with Crippen molar-refractivity contribution in [3.8, 4) is 11.5 Å². The van der Waals surface area contributed by atoms with Gasteiger partial charge in [-0.3, -0.25) is 4.79 Å². The summed E-state index contributed by atoms with van der Waals surface area (Å²) in [5.74, 6) is 1.44. The number of hydrogen-bond acceptors (Lipinski definition) is 4. The Morgan fingerprint density at radius 1 is 0.923 bits per heavy atom. The molecule has 0 aliphatic carbocycles. The van der Waals surface area contributed by atoms with E-state index in [0.29, 0.717) is 6.54 Å². The van der Waals surface area contributed by atoms with Crippen LogP contribution >= 0.6 is 0 Å². The smallest absolute Gasteiger partial charge is 0.244 e. The molecule has 1 amide bonds. The van der Waals surface area contributed by atoms with E-state index in [9.17, 15) is 4.79 Å². The number of carbonyl (C=O) groups excluding carboxylic acids is 1. The molecule has 0 atom stereocenters. The highest BCUT2D eigenvalue weighted by atomic mass is 16.5. The van der Waals surface area contributed by atoms with Crippen LogP contribution in [0.4, 0.5) is 0 Å². The first-order valence-electron chi connectivity index (χ1n) is 8.46. The molecule has 0 fully saturated rings. The molecule has 2 aromatic carbocycles. The van der Waals surface area contributed by atoms with Crippen molar-refractivity contribution in [1.82, 2.24) is 10.2 Å². The Kier molecular flexibility index (Phi) is 7.24. The molecule has 5 nitrogen and oxygen atoms in total. The maximum atomic E-state index is 12.4. The Balaban J connectivity index is 2.30. The molecule has 0 spiro atoms. The van der Waals surface area contributed by atoms with Crippen molar-refractivity contribution in [2.24, 2.45) is 0 Å². The SMILES string of the molecule is COc1ccc(C(=CC(=O)NCCN(C)C)c2ccc(OC)cc2)cc1. The summed E-state index contributed by atoms with van der Waals surface area (Å²) < 4.78 is 10.4. The monoisotopic (exact) mass is 354 g/mol. The van der Waals surface area contributed by atoms with Gasteiger partial charge in [0, 0.05) is 19.2 Å². The maximum absolute atomic E-state index is 12.4. The molecular weight excluding hydrogens is 328 g/mol. The van der Waals surface area contributed by atoms with Gasteiger partial charge in [0.25, 0.3) is 0 Å². The van der Waals surface area contributed by atoms with E-state index < -0.39 is 0 Å². The van der Waals surface area contributed by atoms with Gasteiger partial charge in [-0.05, 0) is 55.1 Å². The molecule has 0 unspecified atom stereocenters. The number of amides is 1. The van der Waals surface area contributed by atoms with Crippen molar-refractivity contribution < 1.29 is 14.3 Å². The third-order valence-electron chi connectivity index (χ3n) is 3.94. The molecule has 2 rings (SSSR count). The molecular formula is C21H26N2O3. The summed E-state index contributed by atoms with van der Waals surface area (Å²) >= 11 is 0. The molecule has 0 aliphatic rings. The van der Waals surface area contributed by atoms with Crippen molar-refractivity contribution in [1.29, 1.82) is 0 Å². The number of ether oxygens (including phenoxy) is 2. The fourth-order valence-electron chi connectivity index (χ4n) is 2.46. The zero-order valence-electron chi connectivity index (χ0n) is 15.8. The largest absolute Gasteiger partial charge is 0.497 e. The predicted octanol–water partition coefficient (Wildman–Crippen LogP) is 2.81. The minimum Gasteiger partial charge on any atom is -0.497 e. The summed E-state index contributed by atoms with van der Waals surface area (Å²) in [4.78, 5) is 14.4. The Morgan fingerprint density at radius 2 is 1.38 bits per heavy atom. The minimum atomic E-state index is -0.117. The molecule has 5 heteroatoms.